The van der Waals surface area contributed by atoms with Crippen LogP contribution in [0, 0.1) is 11.8 Å². The van der Waals surface area contributed by atoms with Crippen molar-refractivity contribution in [1.82, 2.24) is 5.32 Å². The summed E-state index contributed by atoms with van der Waals surface area (Å²) >= 11 is 5.88. The number of nitrogens with one attached hydrogen (secondary N) is 1. The molecule has 3 atom stereocenters. The van der Waals surface area contributed by atoms with Crippen molar-refractivity contribution in [3.63, 3.8) is 0 Å². The molecule has 1 fully saturated rings. The fraction of sp³-hybridized carbons (Fsp3) is 0.800. The zero-order chi connectivity index (χ0) is 14.8. The van der Waals surface area contributed by atoms with Crippen LogP contribution in [0.4, 0.5) is 4.39 Å². The first-order valence-electron chi connectivity index (χ1n) is 6.93. The Balaban J connectivity index is 2.56. The van der Waals surface area contributed by atoms with E-state index >= 15 is 0 Å². The average molecular weight is 290 g/mol. The molecular weight excluding hydrogens is 265 g/mol. The third kappa shape index (κ3) is 4.20. The fourth-order valence-corrected chi connectivity index (χ4v) is 2.45. The van der Waals surface area contributed by atoms with Gasteiger partial charge in [0.1, 0.15) is 6.17 Å². The highest BCUT2D eigenvalue weighted by Crippen LogP contribution is 2.35. The molecule has 1 aliphatic carbocycles. The van der Waals surface area contributed by atoms with Gasteiger partial charge < -0.3 is 5.32 Å². The van der Waals surface area contributed by atoms with Gasteiger partial charge in [0.2, 0.25) is 5.91 Å². The van der Waals surface area contributed by atoms with Gasteiger partial charge in [0.15, 0.2) is 0 Å². The Morgan fingerprint density at radius 2 is 2.11 bits per heavy atom. The van der Waals surface area contributed by atoms with Crippen molar-refractivity contribution >= 4 is 17.5 Å². The molecule has 2 nitrogen and oxygen atoms in total. The Morgan fingerprint density at radius 1 is 1.53 bits per heavy atom. The normalized spacial score (nSPS) is 28.6. The minimum Gasteiger partial charge on any atom is -0.351 e. The molecule has 0 heterocycles. The van der Waals surface area contributed by atoms with Crippen LogP contribution in [-0.2, 0) is 4.79 Å². The number of alkyl halides is 2. The molecule has 0 bridgehead atoms. The molecule has 3 unspecified atom stereocenters. The fourth-order valence-electron chi connectivity index (χ4n) is 2.16. The zero-order valence-electron chi connectivity index (χ0n) is 12.3. The molecule has 1 aliphatic rings. The van der Waals surface area contributed by atoms with Crippen molar-refractivity contribution < 1.29 is 9.18 Å². The van der Waals surface area contributed by atoms with Gasteiger partial charge in [0.25, 0.3) is 0 Å². The first-order valence-corrected chi connectivity index (χ1v) is 7.36. The Kier molecular flexibility index (Phi) is 5.43. The lowest BCUT2D eigenvalue weighted by Gasteiger charge is -2.33. The lowest BCUT2D eigenvalue weighted by atomic mass is 9.81. The van der Waals surface area contributed by atoms with Crippen molar-refractivity contribution in [2.75, 3.05) is 0 Å². The summed E-state index contributed by atoms with van der Waals surface area (Å²) in [5.41, 5.74) is 0.223. The molecule has 1 rings (SSSR count). The molecule has 0 aromatic rings. The molecule has 19 heavy (non-hydrogen) atoms. The summed E-state index contributed by atoms with van der Waals surface area (Å²) in [4.78, 5) is 12.1. The second kappa shape index (κ2) is 6.25. The van der Waals surface area contributed by atoms with Crippen molar-refractivity contribution in [2.45, 2.75) is 64.0 Å². The number of rotatable bonds is 4. The summed E-state index contributed by atoms with van der Waals surface area (Å²) in [6.07, 6.45) is 0.459. The van der Waals surface area contributed by atoms with E-state index in [1.165, 1.54) is 0 Å². The SMILES string of the molecule is C=C1C(CC(=O)NC(C)(C)C(C)C)CCC(Cl)C1F. The van der Waals surface area contributed by atoms with E-state index in [1.807, 2.05) is 13.8 Å². The quantitative estimate of drug-likeness (QED) is 0.618. The van der Waals surface area contributed by atoms with Gasteiger partial charge in [-0.3, -0.25) is 4.79 Å². The topological polar surface area (TPSA) is 29.1 Å². The molecular formula is C15H25ClFNO. The van der Waals surface area contributed by atoms with Gasteiger partial charge >= 0.3 is 0 Å². The second-order valence-corrected chi connectivity index (χ2v) is 6.96. The number of hydrogen-bond donors (Lipinski definition) is 1. The van der Waals surface area contributed by atoms with Crippen LogP contribution in [0.2, 0.25) is 0 Å². The summed E-state index contributed by atoms with van der Waals surface area (Å²) < 4.78 is 13.8. The standard InChI is InChI=1S/C15H25ClFNO/c1-9(2)15(4,5)18-13(19)8-11-6-7-12(16)14(17)10(11)3/h9,11-12,14H,3,6-8H2,1-2,4-5H3,(H,18,19). The first-order chi connectivity index (χ1) is 8.65. The van der Waals surface area contributed by atoms with Crippen LogP contribution in [0.5, 0.6) is 0 Å². The largest absolute Gasteiger partial charge is 0.351 e. The third-order valence-electron chi connectivity index (χ3n) is 4.32. The first kappa shape index (κ1) is 16.5. The van der Waals surface area contributed by atoms with E-state index in [9.17, 15) is 9.18 Å². The number of amides is 1. The molecule has 0 aromatic heterocycles. The Morgan fingerprint density at radius 3 is 2.63 bits per heavy atom. The van der Waals surface area contributed by atoms with Crippen LogP contribution >= 0.6 is 11.6 Å². The average Bonchev–Trinajstić information content (AvgIpc) is 2.29. The highest BCUT2D eigenvalue weighted by Gasteiger charge is 2.34. The lowest BCUT2D eigenvalue weighted by molar-refractivity contribution is -0.124. The van der Waals surface area contributed by atoms with Gasteiger partial charge in [-0.25, -0.2) is 4.39 Å². The summed E-state index contributed by atoms with van der Waals surface area (Å²) in [5, 5.41) is 2.53. The van der Waals surface area contributed by atoms with Gasteiger partial charge in [-0.1, -0.05) is 20.4 Å². The third-order valence-corrected chi connectivity index (χ3v) is 4.76. The van der Waals surface area contributed by atoms with E-state index in [0.29, 0.717) is 24.3 Å². The van der Waals surface area contributed by atoms with Crippen molar-refractivity contribution in [1.29, 1.82) is 0 Å². The minimum absolute atomic E-state index is 0.0370. The highest BCUT2D eigenvalue weighted by molar-refractivity contribution is 6.21. The minimum atomic E-state index is -1.19. The van der Waals surface area contributed by atoms with E-state index < -0.39 is 11.5 Å². The van der Waals surface area contributed by atoms with Gasteiger partial charge in [-0.15, -0.1) is 11.6 Å². The van der Waals surface area contributed by atoms with Gasteiger partial charge in [0, 0.05) is 12.0 Å². The maximum Gasteiger partial charge on any atom is 0.221 e. The van der Waals surface area contributed by atoms with Crippen molar-refractivity contribution in [3.05, 3.63) is 12.2 Å². The number of hydrogen-bond acceptors (Lipinski definition) is 1. The molecule has 1 saturated carbocycles. The van der Waals surface area contributed by atoms with Gasteiger partial charge in [0.05, 0.1) is 5.38 Å². The Hall–Kier alpha value is -0.570. The molecule has 4 heteroatoms. The molecule has 0 aliphatic heterocycles. The van der Waals surface area contributed by atoms with Gasteiger partial charge in [-0.05, 0) is 44.1 Å². The van der Waals surface area contributed by atoms with E-state index in [1.54, 1.807) is 0 Å². The van der Waals surface area contributed by atoms with Crippen LogP contribution in [0.3, 0.4) is 0 Å². The van der Waals surface area contributed by atoms with Crippen LogP contribution in [0.15, 0.2) is 12.2 Å². The van der Waals surface area contributed by atoms with E-state index in [0.717, 1.165) is 6.42 Å². The molecule has 0 radical (unpaired) electrons. The van der Waals surface area contributed by atoms with Crippen molar-refractivity contribution in [3.8, 4) is 0 Å². The Bertz CT molecular complexity index is 354. The molecule has 0 aromatic carbocycles. The summed E-state index contributed by atoms with van der Waals surface area (Å²) in [6.45, 7) is 11.9. The maximum atomic E-state index is 13.8. The smallest absolute Gasteiger partial charge is 0.221 e. The zero-order valence-corrected chi connectivity index (χ0v) is 13.1. The van der Waals surface area contributed by atoms with Crippen LogP contribution in [0.1, 0.15) is 47.0 Å². The predicted octanol–water partition coefficient (Wildman–Crippen LogP) is 3.84. The lowest BCUT2D eigenvalue weighted by Crippen LogP contribution is -2.48. The highest BCUT2D eigenvalue weighted by atomic mass is 35.5. The maximum absolute atomic E-state index is 13.8. The van der Waals surface area contributed by atoms with E-state index in [-0.39, 0.29) is 17.4 Å². The predicted molar refractivity (Wildman–Crippen MR) is 78.1 cm³/mol. The van der Waals surface area contributed by atoms with Crippen LogP contribution in [0.25, 0.3) is 0 Å². The van der Waals surface area contributed by atoms with Crippen LogP contribution < -0.4 is 5.32 Å². The molecule has 0 spiro atoms. The van der Waals surface area contributed by atoms with Crippen molar-refractivity contribution in [2.24, 2.45) is 11.8 Å². The van der Waals surface area contributed by atoms with Crippen LogP contribution in [-0.4, -0.2) is 23.0 Å². The monoisotopic (exact) mass is 289 g/mol. The van der Waals surface area contributed by atoms with Gasteiger partial charge in [-0.2, -0.15) is 0 Å². The summed E-state index contributed by atoms with van der Waals surface area (Å²) in [6, 6.07) is 0. The number of allylic oxidation sites excluding steroid dienone is 1. The molecule has 1 N–H and O–H groups in total. The molecule has 1 amide bonds. The summed E-state index contributed by atoms with van der Waals surface area (Å²) in [7, 11) is 0. The molecule has 0 saturated heterocycles. The second-order valence-electron chi connectivity index (χ2n) is 6.40. The Labute approximate surface area is 120 Å². The number of halogens is 2. The van der Waals surface area contributed by atoms with E-state index in [2.05, 4.69) is 25.7 Å². The molecule has 110 valence electrons. The number of carbonyl (C=O) groups is 1. The van der Waals surface area contributed by atoms with E-state index in [4.69, 9.17) is 11.6 Å². The summed E-state index contributed by atoms with van der Waals surface area (Å²) in [5.74, 6) is 0.213. The number of carbonyl (C=O) groups excluding carboxylic acids is 1.